The van der Waals surface area contributed by atoms with Gasteiger partial charge in [0.1, 0.15) is 17.4 Å². The number of nitrogens with zero attached hydrogens (tertiary/aromatic N) is 2. The van der Waals surface area contributed by atoms with E-state index < -0.39 is 44.1 Å². The highest BCUT2D eigenvalue weighted by molar-refractivity contribution is 7.90. The highest BCUT2D eigenvalue weighted by Gasteiger charge is 2.45. The van der Waals surface area contributed by atoms with Gasteiger partial charge in [0.2, 0.25) is 5.91 Å². The molecule has 162 valence electrons. The van der Waals surface area contributed by atoms with Gasteiger partial charge in [-0.3, -0.25) is 9.59 Å². The van der Waals surface area contributed by atoms with Crippen LogP contribution in [0.1, 0.15) is 30.6 Å². The molecule has 1 amide bonds. The van der Waals surface area contributed by atoms with Crippen LogP contribution in [0.15, 0.2) is 45.7 Å². The van der Waals surface area contributed by atoms with Gasteiger partial charge >= 0.3 is 0 Å². The van der Waals surface area contributed by atoms with E-state index >= 15 is 0 Å². The second kappa shape index (κ2) is 7.45. The molecule has 0 fully saturated rings. The number of halogens is 1. The molecule has 10 heteroatoms. The Kier molecular flexibility index (Phi) is 5.04. The lowest BCUT2D eigenvalue weighted by Crippen LogP contribution is -2.50. The maximum Gasteiger partial charge on any atom is 0.289 e. The highest BCUT2D eigenvalue weighted by atomic mass is 32.2. The van der Waals surface area contributed by atoms with Crippen molar-refractivity contribution < 1.29 is 27.5 Å². The predicted molar refractivity (Wildman–Crippen MR) is 112 cm³/mol. The average Bonchev–Trinajstić information content (AvgIpc) is 2.67. The van der Waals surface area contributed by atoms with E-state index in [1.807, 2.05) is 13.8 Å². The van der Waals surface area contributed by atoms with Crippen molar-refractivity contribution in [3.8, 4) is 5.75 Å². The zero-order valence-corrected chi connectivity index (χ0v) is 17.6. The quantitative estimate of drug-likeness (QED) is 0.699. The van der Waals surface area contributed by atoms with Gasteiger partial charge in [-0.25, -0.2) is 4.39 Å². The Hall–Kier alpha value is -3.27. The summed E-state index contributed by atoms with van der Waals surface area (Å²) in [7, 11) is -4.37. The number of Topliss-reactive ketones (excluding diaryl/α,β-unsaturated/α-hetero) is 1. The first-order valence-corrected chi connectivity index (χ1v) is 11.1. The summed E-state index contributed by atoms with van der Waals surface area (Å²) >= 11 is 0. The minimum Gasteiger partial charge on any atom is -0.506 e. The number of phenols is 1. The number of amidine groups is 1. The van der Waals surface area contributed by atoms with Crippen LogP contribution in [0, 0.1) is 17.7 Å². The average molecular weight is 445 g/mol. The van der Waals surface area contributed by atoms with Gasteiger partial charge in [0, 0.05) is 12.1 Å². The van der Waals surface area contributed by atoms with E-state index in [4.69, 9.17) is 0 Å². The molecule has 1 unspecified atom stereocenters. The van der Waals surface area contributed by atoms with Crippen molar-refractivity contribution >= 4 is 38.9 Å². The Balaban J connectivity index is 1.83. The third-order valence-electron chi connectivity index (χ3n) is 5.23. The van der Waals surface area contributed by atoms with Gasteiger partial charge in [-0.1, -0.05) is 19.9 Å². The summed E-state index contributed by atoms with van der Waals surface area (Å²) in [6, 6.07) is 7.59. The van der Waals surface area contributed by atoms with Crippen LogP contribution in [0.5, 0.6) is 5.75 Å². The number of rotatable bonds is 4. The van der Waals surface area contributed by atoms with E-state index in [2.05, 4.69) is 9.71 Å². The van der Waals surface area contributed by atoms with E-state index in [0.717, 1.165) is 6.07 Å². The topological polar surface area (TPSA) is 116 Å². The molecule has 0 saturated carbocycles. The smallest absolute Gasteiger partial charge is 0.289 e. The molecule has 2 N–H and O–H groups in total. The Morgan fingerprint density at radius 2 is 1.97 bits per heavy atom. The number of hydrogen-bond acceptors (Lipinski definition) is 6. The Morgan fingerprint density at radius 3 is 2.68 bits per heavy atom. The summed E-state index contributed by atoms with van der Waals surface area (Å²) in [6.07, 6.45) is 0.623. The molecule has 0 radical (unpaired) electrons. The van der Waals surface area contributed by atoms with Crippen LogP contribution in [-0.4, -0.2) is 37.6 Å². The second-order valence-corrected chi connectivity index (χ2v) is 9.40. The van der Waals surface area contributed by atoms with Crippen molar-refractivity contribution in [1.82, 2.24) is 0 Å². The molecule has 0 saturated heterocycles. The number of carbonyl (C=O) groups excluding carboxylic acids is 2. The van der Waals surface area contributed by atoms with Crippen LogP contribution in [0.4, 0.5) is 15.8 Å². The summed E-state index contributed by atoms with van der Waals surface area (Å²) in [5, 5.41) is 12.6. The zero-order valence-electron chi connectivity index (χ0n) is 16.8. The fourth-order valence-electron chi connectivity index (χ4n) is 3.70. The number of aromatic hydroxyl groups is 1. The number of ketones is 1. The lowest BCUT2D eigenvalue weighted by atomic mass is 9.88. The molecule has 0 spiro atoms. The van der Waals surface area contributed by atoms with Gasteiger partial charge in [-0.15, -0.1) is 4.40 Å². The summed E-state index contributed by atoms with van der Waals surface area (Å²) < 4.78 is 42.9. The number of phenolic OH excluding ortho intramolecular Hbond substituents is 1. The number of sulfonamides is 1. The third kappa shape index (κ3) is 3.56. The molecule has 0 aromatic heterocycles. The highest BCUT2D eigenvalue weighted by Crippen LogP contribution is 2.38. The van der Waals surface area contributed by atoms with Crippen molar-refractivity contribution in [2.75, 3.05) is 16.8 Å². The Bertz CT molecular complexity index is 1240. The van der Waals surface area contributed by atoms with E-state index in [-0.39, 0.29) is 35.2 Å². The lowest BCUT2D eigenvalue weighted by Gasteiger charge is -2.35. The van der Waals surface area contributed by atoms with Gasteiger partial charge in [0.25, 0.3) is 10.0 Å². The zero-order chi connectivity index (χ0) is 22.5. The molecule has 8 nitrogen and oxygen atoms in total. The Labute approximate surface area is 178 Å². The van der Waals surface area contributed by atoms with E-state index in [9.17, 15) is 27.5 Å². The van der Waals surface area contributed by atoms with Crippen LogP contribution in [0.2, 0.25) is 0 Å². The lowest BCUT2D eigenvalue weighted by molar-refractivity contribution is -0.119. The van der Waals surface area contributed by atoms with Gasteiger partial charge in [-0.05, 0) is 42.7 Å². The maximum atomic E-state index is 13.9. The molecule has 0 bridgehead atoms. The largest absolute Gasteiger partial charge is 0.506 e. The van der Waals surface area contributed by atoms with Crippen LogP contribution in [0.3, 0.4) is 0 Å². The number of carbonyl (C=O) groups is 2. The summed E-state index contributed by atoms with van der Waals surface area (Å²) in [5.41, 5.74) is 0.270. The SMILES string of the molecule is CC(C)CCN1C(=O)C(C2=NS(=O)(=O)c3c(O)cccc3N2)C(=O)c2cc(F)ccc21. The number of benzene rings is 2. The number of hydrogen-bond donors (Lipinski definition) is 2. The molecule has 2 aliphatic heterocycles. The molecular formula is C21H20FN3O5S. The van der Waals surface area contributed by atoms with Crippen molar-refractivity contribution in [2.45, 2.75) is 25.2 Å². The second-order valence-electron chi connectivity index (χ2n) is 7.86. The van der Waals surface area contributed by atoms with Crippen LogP contribution in [-0.2, 0) is 14.8 Å². The number of anilines is 2. The predicted octanol–water partition coefficient (Wildman–Crippen LogP) is 2.94. The number of nitrogens with one attached hydrogen (secondary N) is 1. The minimum atomic E-state index is -4.37. The van der Waals surface area contributed by atoms with Crippen molar-refractivity contribution in [3.63, 3.8) is 0 Å². The Morgan fingerprint density at radius 1 is 1.23 bits per heavy atom. The summed E-state index contributed by atoms with van der Waals surface area (Å²) in [6.45, 7) is 4.23. The van der Waals surface area contributed by atoms with Gasteiger partial charge in [-0.2, -0.15) is 8.42 Å². The molecule has 0 aliphatic carbocycles. The molecular weight excluding hydrogens is 425 g/mol. The summed E-state index contributed by atoms with van der Waals surface area (Å²) in [5.74, 6) is -4.23. The number of amides is 1. The van der Waals surface area contributed by atoms with E-state index in [1.54, 1.807) is 0 Å². The number of fused-ring (bicyclic) bond motifs is 2. The first kappa shape index (κ1) is 21.0. The molecule has 1 atom stereocenters. The van der Waals surface area contributed by atoms with E-state index in [0.29, 0.717) is 6.42 Å². The molecule has 2 heterocycles. The van der Waals surface area contributed by atoms with Gasteiger partial charge < -0.3 is 15.3 Å². The molecule has 2 aliphatic rings. The normalized spacial score (nSPS) is 19.5. The summed E-state index contributed by atoms with van der Waals surface area (Å²) in [4.78, 5) is 27.4. The van der Waals surface area contributed by atoms with E-state index in [1.165, 1.54) is 35.2 Å². The minimum absolute atomic E-state index is 0.00405. The fraction of sp³-hybridized carbons (Fsp3) is 0.286. The standard InChI is InChI=1S/C21H20FN3O5S/c1-11(2)8-9-25-15-7-6-12(22)10-13(15)18(27)17(21(25)28)20-23-14-4-3-5-16(26)19(14)31(29,30)24-20/h3-7,10-11,17,26H,8-9H2,1-2H3,(H,23,24). The molecule has 2 aromatic carbocycles. The molecule has 4 rings (SSSR count). The third-order valence-corrected chi connectivity index (χ3v) is 6.61. The van der Waals surface area contributed by atoms with Crippen LogP contribution < -0.4 is 10.2 Å². The maximum absolute atomic E-state index is 13.9. The van der Waals surface area contributed by atoms with Crippen molar-refractivity contribution in [3.05, 3.63) is 47.8 Å². The molecule has 31 heavy (non-hydrogen) atoms. The fourth-order valence-corrected chi connectivity index (χ4v) is 4.93. The molecule has 2 aromatic rings. The van der Waals surface area contributed by atoms with Gasteiger partial charge in [0.15, 0.2) is 16.6 Å². The monoisotopic (exact) mass is 445 g/mol. The first-order chi connectivity index (χ1) is 14.6. The van der Waals surface area contributed by atoms with Crippen molar-refractivity contribution in [2.24, 2.45) is 16.2 Å². The van der Waals surface area contributed by atoms with Crippen molar-refractivity contribution in [1.29, 1.82) is 0 Å². The van der Waals surface area contributed by atoms with Crippen LogP contribution >= 0.6 is 0 Å². The van der Waals surface area contributed by atoms with Crippen LogP contribution in [0.25, 0.3) is 0 Å². The van der Waals surface area contributed by atoms with Gasteiger partial charge in [0.05, 0.1) is 11.4 Å². The first-order valence-electron chi connectivity index (χ1n) is 9.69.